The van der Waals surface area contributed by atoms with Crippen molar-refractivity contribution >= 4 is 29.2 Å². The van der Waals surface area contributed by atoms with E-state index in [0.717, 1.165) is 35.6 Å². The van der Waals surface area contributed by atoms with E-state index in [1.165, 1.54) is 4.90 Å². The van der Waals surface area contributed by atoms with Crippen LogP contribution >= 0.6 is 11.6 Å². The van der Waals surface area contributed by atoms with E-state index in [4.69, 9.17) is 11.6 Å². The standard InChI is InChI=1S/C25H29ClN6O2/c1-16-20(24(33)30(3)4)7-5-8-21(16)27-25(34)31-14-6-9-22(31)23-29-28-17(2)32(23)15-18-10-12-19(26)13-11-18/h5,7-8,10-13,22H,6,9,14-15H2,1-4H3,(H,27,34)/t22-/m1/s1. The Morgan fingerprint density at radius 2 is 1.85 bits per heavy atom. The number of halogens is 1. The summed E-state index contributed by atoms with van der Waals surface area (Å²) < 4.78 is 2.06. The summed E-state index contributed by atoms with van der Waals surface area (Å²) in [6.07, 6.45) is 1.69. The number of hydrogen-bond donors (Lipinski definition) is 1. The molecule has 0 saturated carbocycles. The van der Waals surface area contributed by atoms with Crippen molar-refractivity contribution in [2.45, 2.75) is 39.3 Å². The molecular formula is C25H29ClN6O2. The third-order valence-electron chi connectivity index (χ3n) is 6.24. The predicted octanol–water partition coefficient (Wildman–Crippen LogP) is 4.67. The lowest BCUT2D eigenvalue weighted by molar-refractivity contribution is 0.0827. The quantitative estimate of drug-likeness (QED) is 0.575. The molecule has 1 fully saturated rings. The smallest absolute Gasteiger partial charge is 0.322 e. The molecule has 0 unspecified atom stereocenters. The highest BCUT2D eigenvalue weighted by Crippen LogP contribution is 2.32. The maximum Gasteiger partial charge on any atom is 0.322 e. The van der Waals surface area contributed by atoms with Crippen LogP contribution in [0.3, 0.4) is 0 Å². The molecule has 1 atom stereocenters. The lowest BCUT2D eigenvalue weighted by atomic mass is 10.1. The van der Waals surface area contributed by atoms with E-state index in [-0.39, 0.29) is 18.0 Å². The van der Waals surface area contributed by atoms with Crippen molar-refractivity contribution in [1.82, 2.24) is 24.6 Å². The molecular weight excluding hydrogens is 452 g/mol. The van der Waals surface area contributed by atoms with Gasteiger partial charge in [-0.25, -0.2) is 4.79 Å². The molecule has 9 heteroatoms. The van der Waals surface area contributed by atoms with Gasteiger partial charge < -0.3 is 19.7 Å². The molecule has 1 aliphatic rings. The zero-order valence-electron chi connectivity index (χ0n) is 19.9. The second kappa shape index (κ2) is 9.85. The molecule has 0 spiro atoms. The van der Waals surface area contributed by atoms with Gasteiger partial charge in [-0.3, -0.25) is 4.79 Å². The number of nitrogens with zero attached hydrogens (tertiary/aromatic N) is 5. The van der Waals surface area contributed by atoms with Crippen molar-refractivity contribution in [2.24, 2.45) is 0 Å². The van der Waals surface area contributed by atoms with Gasteiger partial charge in [0.2, 0.25) is 0 Å². The van der Waals surface area contributed by atoms with Gasteiger partial charge in [0.1, 0.15) is 5.82 Å². The minimum Gasteiger partial charge on any atom is -0.345 e. The Morgan fingerprint density at radius 1 is 1.12 bits per heavy atom. The highest BCUT2D eigenvalue weighted by Gasteiger charge is 2.34. The molecule has 178 valence electrons. The Kier molecular flexibility index (Phi) is 6.88. The molecule has 1 saturated heterocycles. The van der Waals surface area contributed by atoms with Crippen molar-refractivity contribution in [3.63, 3.8) is 0 Å². The van der Waals surface area contributed by atoms with Gasteiger partial charge in [0.05, 0.1) is 12.6 Å². The first-order valence-corrected chi connectivity index (χ1v) is 11.7. The van der Waals surface area contributed by atoms with Crippen molar-refractivity contribution in [1.29, 1.82) is 0 Å². The molecule has 0 aliphatic carbocycles. The number of carbonyl (C=O) groups is 2. The summed E-state index contributed by atoms with van der Waals surface area (Å²) in [6.45, 7) is 4.99. The zero-order chi connectivity index (χ0) is 24.4. The number of benzene rings is 2. The Bertz CT molecular complexity index is 1200. The molecule has 34 heavy (non-hydrogen) atoms. The molecule has 3 aromatic rings. The number of hydrogen-bond acceptors (Lipinski definition) is 4. The number of rotatable bonds is 5. The van der Waals surface area contributed by atoms with Crippen LogP contribution in [-0.2, 0) is 6.54 Å². The summed E-state index contributed by atoms with van der Waals surface area (Å²) in [5.74, 6) is 1.47. The van der Waals surface area contributed by atoms with Gasteiger partial charge in [-0.1, -0.05) is 29.8 Å². The number of aryl methyl sites for hydroxylation is 1. The highest BCUT2D eigenvalue weighted by atomic mass is 35.5. The first-order chi connectivity index (χ1) is 16.3. The van der Waals surface area contributed by atoms with Crippen molar-refractivity contribution in [2.75, 3.05) is 26.0 Å². The summed E-state index contributed by atoms with van der Waals surface area (Å²) in [4.78, 5) is 29.1. The van der Waals surface area contributed by atoms with Gasteiger partial charge >= 0.3 is 6.03 Å². The average molecular weight is 481 g/mol. The number of aromatic nitrogens is 3. The molecule has 2 aromatic carbocycles. The Labute approximate surface area is 204 Å². The number of carbonyl (C=O) groups excluding carboxylic acids is 2. The van der Waals surface area contributed by atoms with E-state index >= 15 is 0 Å². The summed E-state index contributed by atoms with van der Waals surface area (Å²) in [6, 6.07) is 12.7. The summed E-state index contributed by atoms with van der Waals surface area (Å²) in [7, 11) is 3.42. The molecule has 1 aromatic heterocycles. The molecule has 1 N–H and O–H groups in total. The SMILES string of the molecule is Cc1c(NC(=O)N2CCC[C@@H]2c2nnc(C)n2Cc2ccc(Cl)cc2)cccc1C(=O)N(C)C. The van der Waals surface area contributed by atoms with Crippen LogP contribution in [0, 0.1) is 13.8 Å². The maximum absolute atomic E-state index is 13.3. The summed E-state index contributed by atoms with van der Waals surface area (Å²) >= 11 is 6.03. The summed E-state index contributed by atoms with van der Waals surface area (Å²) in [5.41, 5.74) is 3.02. The van der Waals surface area contributed by atoms with Crippen molar-refractivity contribution in [3.8, 4) is 0 Å². The molecule has 3 amide bonds. The van der Waals surface area contributed by atoms with Crippen LogP contribution in [0.1, 0.15) is 52.0 Å². The molecule has 8 nitrogen and oxygen atoms in total. The van der Waals surface area contributed by atoms with Crippen LogP contribution in [-0.4, -0.2) is 57.1 Å². The fourth-order valence-electron chi connectivity index (χ4n) is 4.32. The molecule has 2 heterocycles. The van der Waals surface area contributed by atoms with Crippen molar-refractivity contribution in [3.05, 3.63) is 75.8 Å². The topological polar surface area (TPSA) is 83.4 Å². The van der Waals surface area contributed by atoms with Crippen LogP contribution in [0.5, 0.6) is 0 Å². The molecule has 1 aliphatic heterocycles. The number of urea groups is 1. The van der Waals surface area contributed by atoms with E-state index in [1.54, 1.807) is 26.2 Å². The first kappa shape index (κ1) is 23.8. The lowest BCUT2D eigenvalue weighted by Gasteiger charge is -2.26. The van der Waals surface area contributed by atoms with E-state index in [0.29, 0.717) is 29.4 Å². The number of nitrogens with one attached hydrogen (secondary N) is 1. The van der Waals surface area contributed by atoms with Crippen LogP contribution in [0.2, 0.25) is 5.02 Å². The van der Waals surface area contributed by atoms with Gasteiger partial charge in [-0.05, 0) is 62.1 Å². The van der Waals surface area contributed by atoms with Crippen molar-refractivity contribution < 1.29 is 9.59 Å². The number of likely N-dealkylation sites (tertiary alicyclic amines) is 1. The van der Waals surface area contributed by atoms with Gasteiger partial charge in [0.25, 0.3) is 5.91 Å². The fraction of sp³-hybridized carbons (Fsp3) is 0.360. The van der Waals surface area contributed by atoms with E-state index in [2.05, 4.69) is 20.1 Å². The minimum atomic E-state index is -0.209. The van der Waals surface area contributed by atoms with Crippen LogP contribution in [0.4, 0.5) is 10.5 Å². The second-order valence-corrected chi connectivity index (χ2v) is 9.21. The zero-order valence-corrected chi connectivity index (χ0v) is 20.6. The highest BCUT2D eigenvalue weighted by molar-refractivity contribution is 6.30. The monoisotopic (exact) mass is 480 g/mol. The first-order valence-electron chi connectivity index (χ1n) is 11.3. The van der Waals surface area contributed by atoms with Gasteiger partial charge in [0.15, 0.2) is 5.82 Å². The van der Waals surface area contributed by atoms with Crippen LogP contribution < -0.4 is 5.32 Å². The number of amides is 3. The van der Waals surface area contributed by atoms with Gasteiger partial charge in [-0.2, -0.15) is 0 Å². The predicted molar refractivity (Wildman–Crippen MR) is 132 cm³/mol. The molecule has 0 radical (unpaired) electrons. The van der Waals surface area contributed by atoms with Gasteiger partial charge in [0, 0.05) is 36.9 Å². The van der Waals surface area contributed by atoms with Gasteiger partial charge in [-0.15, -0.1) is 10.2 Å². The van der Waals surface area contributed by atoms with E-state index in [1.807, 2.05) is 49.1 Å². The molecule has 4 rings (SSSR count). The molecule has 0 bridgehead atoms. The van der Waals surface area contributed by atoms with Crippen LogP contribution in [0.15, 0.2) is 42.5 Å². The van der Waals surface area contributed by atoms with Crippen LogP contribution in [0.25, 0.3) is 0 Å². The third-order valence-corrected chi connectivity index (χ3v) is 6.49. The lowest BCUT2D eigenvalue weighted by Crippen LogP contribution is -2.36. The Morgan fingerprint density at radius 3 is 2.56 bits per heavy atom. The largest absolute Gasteiger partial charge is 0.345 e. The second-order valence-electron chi connectivity index (χ2n) is 8.78. The normalized spacial score (nSPS) is 15.4. The fourth-order valence-corrected chi connectivity index (χ4v) is 4.45. The Hall–Kier alpha value is -3.39. The minimum absolute atomic E-state index is 0.0987. The number of anilines is 1. The van der Waals surface area contributed by atoms with E-state index in [9.17, 15) is 9.59 Å². The average Bonchev–Trinajstić information content (AvgIpc) is 3.43. The Balaban J connectivity index is 1.56. The third kappa shape index (κ3) is 4.77. The maximum atomic E-state index is 13.3. The summed E-state index contributed by atoms with van der Waals surface area (Å²) in [5, 5.41) is 12.4. The van der Waals surface area contributed by atoms with E-state index < -0.39 is 0 Å².